The zero-order valence-electron chi connectivity index (χ0n) is 17.2. The Bertz CT molecular complexity index is 722. The molecule has 2 aromatic carbocycles. The lowest BCUT2D eigenvalue weighted by atomic mass is 10.0. The molecule has 2 N–H and O–H groups in total. The van der Waals surface area contributed by atoms with Gasteiger partial charge in [-0.2, -0.15) is 0 Å². The number of carbonyl (C=O) groups is 1. The Kier molecular flexibility index (Phi) is 7.25. The first-order valence-corrected chi connectivity index (χ1v) is 9.40. The topological polar surface area (TPSA) is 46.0 Å². The van der Waals surface area contributed by atoms with Crippen molar-refractivity contribution in [2.24, 2.45) is 0 Å². The maximum Gasteiger partial charge on any atom is 0.251 e. The van der Waals surface area contributed by atoms with Crippen LogP contribution in [0.5, 0.6) is 5.75 Å². The number of nitrogens with zero attached hydrogens (tertiary/aromatic N) is 1. The lowest BCUT2D eigenvalue weighted by Gasteiger charge is -2.23. The van der Waals surface area contributed by atoms with Gasteiger partial charge in [-0.25, -0.2) is 0 Å². The lowest BCUT2D eigenvalue weighted by Crippen LogP contribution is -3.07. The SMILES string of the molecule is CC(C)Oc1ccc(C(=O)NC[C@H](c2ccc(N(C)C)cc2)[NH+](C)C)cc1. The molecule has 0 aromatic heterocycles. The summed E-state index contributed by atoms with van der Waals surface area (Å²) in [5.41, 5.74) is 3.02. The van der Waals surface area contributed by atoms with Gasteiger partial charge in [0.25, 0.3) is 5.91 Å². The molecule has 2 aromatic rings. The quantitative estimate of drug-likeness (QED) is 0.749. The summed E-state index contributed by atoms with van der Waals surface area (Å²) in [4.78, 5) is 15.9. The van der Waals surface area contributed by atoms with Crippen LogP contribution in [0.3, 0.4) is 0 Å². The van der Waals surface area contributed by atoms with Gasteiger partial charge < -0.3 is 19.9 Å². The number of rotatable bonds is 8. The van der Waals surface area contributed by atoms with E-state index >= 15 is 0 Å². The standard InChI is InChI=1S/C22H31N3O2/c1-16(2)27-20-13-9-18(10-14-20)22(26)23-15-21(25(5)6)17-7-11-19(12-8-17)24(3)4/h7-14,16,21H,15H2,1-6H3,(H,23,26)/p+1/t21-/m1/s1. The molecule has 1 atom stereocenters. The van der Waals surface area contributed by atoms with Gasteiger partial charge in [-0.05, 0) is 50.2 Å². The zero-order chi connectivity index (χ0) is 20.0. The van der Waals surface area contributed by atoms with Crippen LogP contribution in [0, 0.1) is 0 Å². The van der Waals surface area contributed by atoms with Gasteiger partial charge in [0.05, 0.1) is 26.7 Å². The van der Waals surface area contributed by atoms with E-state index in [4.69, 9.17) is 4.74 Å². The Labute approximate surface area is 162 Å². The van der Waals surface area contributed by atoms with E-state index < -0.39 is 0 Å². The molecular formula is C22H32N3O2+. The molecule has 0 bridgehead atoms. The molecule has 5 nitrogen and oxygen atoms in total. The number of ether oxygens (including phenoxy) is 1. The number of anilines is 1. The molecule has 0 radical (unpaired) electrons. The smallest absolute Gasteiger partial charge is 0.251 e. The Morgan fingerprint density at radius 1 is 1.04 bits per heavy atom. The van der Waals surface area contributed by atoms with E-state index in [1.165, 1.54) is 16.2 Å². The number of benzene rings is 2. The number of hydrogen-bond donors (Lipinski definition) is 2. The molecule has 0 heterocycles. The molecule has 146 valence electrons. The molecule has 0 aliphatic heterocycles. The second-order valence-corrected chi connectivity index (χ2v) is 7.52. The average Bonchev–Trinajstić information content (AvgIpc) is 2.62. The van der Waals surface area contributed by atoms with Gasteiger partial charge in [0.15, 0.2) is 0 Å². The zero-order valence-corrected chi connectivity index (χ0v) is 17.2. The second-order valence-electron chi connectivity index (χ2n) is 7.52. The number of likely N-dealkylation sites (N-methyl/N-ethyl adjacent to an activating group) is 1. The summed E-state index contributed by atoms with van der Waals surface area (Å²) in [6, 6.07) is 16.0. The van der Waals surface area contributed by atoms with E-state index in [1.54, 1.807) is 12.1 Å². The highest BCUT2D eigenvalue weighted by Gasteiger charge is 2.19. The molecule has 0 unspecified atom stereocenters. The Morgan fingerprint density at radius 2 is 1.63 bits per heavy atom. The van der Waals surface area contributed by atoms with Crippen molar-refractivity contribution in [2.75, 3.05) is 39.6 Å². The molecule has 1 amide bonds. The predicted molar refractivity (Wildman–Crippen MR) is 111 cm³/mol. The normalized spacial score (nSPS) is 12.1. The Hall–Kier alpha value is -2.53. The first kappa shape index (κ1) is 20.8. The Balaban J connectivity index is 2.01. The van der Waals surface area contributed by atoms with Crippen molar-refractivity contribution in [3.8, 4) is 5.75 Å². The molecule has 0 saturated carbocycles. The van der Waals surface area contributed by atoms with Crippen molar-refractivity contribution in [3.05, 3.63) is 59.7 Å². The van der Waals surface area contributed by atoms with Crippen LogP contribution >= 0.6 is 0 Å². The van der Waals surface area contributed by atoms with E-state index in [2.05, 4.69) is 48.6 Å². The summed E-state index contributed by atoms with van der Waals surface area (Å²) in [6.07, 6.45) is 0.118. The van der Waals surface area contributed by atoms with Crippen LogP contribution in [0.4, 0.5) is 5.69 Å². The third-order valence-electron chi connectivity index (χ3n) is 4.46. The highest BCUT2D eigenvalue weighted by Crippen LogP contribution is 2.17. The van der Waals surface area contributed by atoms with Crippen LogP contribution in [0.2, 0.25) is 0 Å². The highest BCUT2D eigenvalue weighted by molar-refractivity contribution is 5.94. The number of amides is 1. The summed E-state index contributed by atoms with van der Waals surface area (Å²) < 4.78 is 5.62. The van der Waals surface area contributed by atoms with Crippen molar-refractivity contribution >= 4 is 11.6 Å². The lowest BCUT2D eigenvalue weighted by molar-refractivity contribution is -0.890. The van der Waals surface area contributed by atoms with Crippen molar-refractivity contribution in [2.45, 2.75) is 26.0 Å². The molecular weight excluding hydrogens is 338 g/mol. The molecule has 0 spiro atoms. The molecule has 27 heavy (non-hydrogen) atoms. The van der Waals surface area contributed by atoms with Gasteiger partial charge in [0.2, 0.25) is 0 Å². The van der Waals surface area contributed by atoms with Crippen molar-refractivity contribution < 1.29 is 14.4 Å². The minimum atomic E-state index is -0.0674. The summed E-state index contributed by atoms with van der Waals surface area (Å²) >= 11 is 0. The average molecular weight is 371 g/mol. The number of nitrogens with one attached hydrogen (secondary N) is 2. The van der Waals surface area contributed by atoms with Crippen LogP contribution in [0.25, 0.3) is 0 Å². The predicted octanol–water partition coefficient (Wildman–Crippen LogP) is 2.16. The van der Waals surface area contributed by atoms with Gasteiger partial charge >= 0.3 is 0 Å². The summed E-state index contributed by atoms with van der Waals surface area (Å²) in [6.45, 7) is 4.54. The van der Waals surface area contributed by atoms with Gasteiger partial charge in [0, 0.05) is 30.9 Å². The maximum atomic E-state index is 12.5. The fourth-order valence-corrected chi connectivity index (χ4v) is 2.91. The van der Waals surface area contributed by atoms with Crippen molar-refractivity contribution in [1.82, 2.24) is 5.32 Å². The number of carbonyl (C=O) groups excluding carboxylic acids is 1. The van der Waals surface area contributed by atoms with Crippen molar-refractivity contribution in [1.29, 1.82) is 0 Å². The third kappa shape index (κ3) is 6.00. The highest BCUT2D eigenvalue weighted by atomic mass is 16.5. The van der Waals surface area contributed by atoms with Gasteiger partial charge in [-0.15, -0.1) is 0 Å². The van der Waals surface area contributed by atoms with Gasteiger partial charge in [-0.3, -0.25) is 4.79 Å². The van der Waals surface area contributed by atoms with Crippen LogP contribution in [-0.2, 0) is 0 Å². The number of quaternary nitrogens is 1. The van der Waals surface area contributed by atoms with Crippen LogP contribution in [0.15, 0.2) is 48.5 Å². The molecule has 5 heteroatoms. The van der Waals surface area contributed by atoms with E-state index in [0.717, 1.165) is 5.75 Å². The molecule has 0 aliphatic rings. The Morgan fingerprint density at radius 3 is 2.11 bits per heavy atom. The molecule has 0 aliphatic carbocycles. The molecule has 2 rings (SSSR count). The molecule has 0 fully saturated rings. The van der Waals surface area contributed by atoms with E-state index in [1.807, 2.05) is 40.1 Å². The van der Waals surface area contributed by atoms with E-state index in [0.29, 0.717) is 12.1 Å². The maximum absolute atomic E-state index is 12.5. The monoisotopic (exact) mass is 370 g/mol. The molecule has 0 saturated heterocycles. The van der Waals surface area contributed by atoms with Crippen molar-refractivity contribution in [3.63, 3.8) is 0 Å². The van der Waals surface area contributed by atoms with Crippen LogP contribution < -0.4 is 19.9 Å². The van der Waals surface area contributed by atoms with E-state index in [9.17, 15) is 4.79 Å². The first-order valence-electron chi connectivity index (χ1n) is 9.40. The summed E-state index contributed by atoms with van der Waals surface area (Å²) in [7, 11) is 8.27. The minimum Gasteiger partial charge on any atom is -0.491 e. The fourth-order valence-electron chi connectivity index (χ4n) is 2.91. The van der Waals surface area contributed by atoms with Crippen LogP contribution in [-0.4, -0.2) is 46.7 Å². The van der Waals surface area contributed by atoms with Gasteiger partial charge in [0.1, 0.15) is 11.8 Å². The second kappa shape index (κ2) is 9.42. The van der Waals surface area contributed by atoms with E-state index in [-0.39, 0.29) is 18.1 Å². The fraction of sp³-hybridized carbons (Fsp3) is 0.409. The largest absolute Gasteiger partial charge is 0.491 e. The first-order chi connectivity index (χ1) is 12.8. The summed E-state index contributed by atoms with van der Waals surface area (Å²) in [5.74, 6) is 0.709. The third-order valence-corrected chi connectivity index (χ3v) is 4.46. The van der Waals surface area contributed by atoms with Gasteiger partial charge in [-0.1, -0.05) is 12.1 Å². The number of hydrogen-bond acceptors (Lipinski definition) is 3. The minimum absolute atomic E-state index is 0.0674. The summed E-state index contributed by atoms with van der Waals surface area (Å²) in [5, 5.41) is 3.07. The van der Waals surface area contributed by atoms with Crippen LogP contribution in [0.1, 0.15) is 35.8 Å².